The molecule has 124 valence electrons. The zero-order valence-electron chi connectivity index (χ0n) is 17.0. The molecule has 0 aromatic carbocycles. The number of carbonyl (C=O) groups is 1. The van der Waals surface area contributed by atoms with Gasteiger partial charge in [0.25, 0.3) is 0 Å². The van der Waals surface area contributed by atoms with Gasteiger partial charge in [0.1, 0.15) is 5.78 Å². The maximum absolute atomic E-state index is 12.5. The third-order valence-corrected chi connectivity index (χ3v) is 8.42. The fourth-order valence-electron chi connectivity index (χ4n) is 7.08. The molecular weight excluding hydrogens is 272 g/mol. The van der Waals surface area contributed by atoms with Gasteiger partial charge >= 0.3 is 0 Å². The number of Topliss-reactive ketones (excluding diaryl/α,β-unsaturated/α-hetero) is 1. The van der Waals surface area contributed by atoms with Crippen LogP contribution in [0.1, 0.15) is 76.2 Å². The summed E-state index contributed by atoms with van der Waals surface area (Å²) in [7, 11) is 0. The van der Waals surface area contributed by atoms with Gasteiger partial charge in [-0.2, -0.15) is 0 Å². The van der Waals surface area contributed by atoms with Gasteiger partial charge in [-0.15, -0.1) is 0 Å². The first-order valence-corrected chi connectivity index (χ1v) is 9.29. The normalized spacial score (nSPS) is 60.5. The second-order valence-corrected chi connectivity index (χ2v) is 9.19. The van der Waals surface area contributed by atoms with Crippen LogP contribution in [0.25, 0.3) is 0 Å². The molecule has 0 unspecified atom stereocenters. The van der Waals surface area contributed by atoms with E-state index in [1.807, 2.05) is 0 Å². The molecule has 8 atom stereocenters. The second-order valence-electron chi connectivity index (χ2n) is 9.19. The van der Waals surface area contributed by atoms with Crippen LogP contribution >= 0.6 is 0 Å². The molecule has 0 saturated heterocycles. The third-order valence-electron chi connectivity index (χ3n) is 8.42. The predicted molar refractivity (Wildman–Crippen MR) is 87.3 cm³/mol. The number of fused-ring (bicyclic) bond motifs is 5. The summed E-state index contributed by atoms with van der Waals surface area (Å²) in [6, 6.07) is 0. The van der Waals surface area contributed by atoms with Crippen molar-refractivity contribution >= 4 is 5.78 Å². The zero-order valence-corrected chi connectivity index (χ0v) is 14.0. The topological polar surface area (TPSA) is 37.3 Å². The van der Waals surface area contributed by atoms with E-state index in [4.69, 9.17) is 4.11 Å². The molecule has 0 aromatic rings. The Kier molecular flexibility index (Phi) is 2.64. The monoisotopic (exact) mass is 307 g/mol. The maximum atomic E-state index is 12.5. The lowest BCUT2D eigenvalue weighted by atomic mass is 9.44. The molecule has 22 heavy (non-hydrogen) atoms. The van der Waals surface area contributed by atoms with Crippen LogP contribution in [0, 0.1) is 40.4 Å². The largest absolute Gasteiger partial charge is 0.393 e. The van der Waals surface area contributed by atoms with Gasteiger partial charge in [-0.1, -0.05) is 20.7 Å². The van der Waals surface area contributed by atoms with E-state index >= 15 is 0 Å². The number of hydrogen-bond donors (Lipinski definition) is 1. The number of aliphatic hydroxyl groups excluding tert-OH is 1. The lowest BCUT2D eigenvalue weighted by Crippen LogP contribution is -2.55. The van der Waals surface area contributed by atoms with Crippen LogP contribution in [0.5, 0.6) is 0 Å². The highest BCUT2D eigenvalue weighted by atomic mass is 16.3. The highest BCUT2D eigenvalue weighted by Crippen LogP contribution is 2.65. The summed E-state index contributed by atoms with van der Waals surface area (Å²) >= 11 is 0. The molecule has 2 nitrogen and oxygen atoms in total. The molecule has 4 fully saturated rings. The van der Waals surface area contributed by atoms with Gasteiger partial charge in [-0.3, -0.25) is 4.79 Å². The Labute approximate surface area is 139 Å². The van der Waals surface area contributed by atoms with Crippen molar-refractivity contribution in [3.63, 3.8) is 0 Å². The summed E-state index contributed by atoms with van der Waals surface area (Å²) in [5.41, 5.74) is -0.115. The minimum absolute atomic E-state index is 0.00812. The van der Waals surface area contributed by atoms with E-state index in [0.717, 1.165) is 38.5 Å². The molecule has 4 aliphatic rings. The molecular formula is C20H32O2. The predicted octanol–water partition coefficient (Wildman–Crippen LogP) is 4.21. The smallest absolute Gasteiger partial charge is 0.139 e. The van der Waals surface area contributed by atoms with Crippen molar-refractivity contribution in [1.29, 1.82) is 0 Å². The second kappa shape index (κ2) is 4.82. The zero-order chi connectivity index (χ0) is 18.2. The van der Waals surface area contributed by atoms with Gasteiger partial charge in [-0.05, 0) is 80.0 Å². The molecule has 4 aliphatic carbocycles. The van der Waals surface area contributed by atoms with E-state index in [0.29, 0.717) is 42.3 Å². The Morgan fingerprint density at radius 2 is 2.00 bits per heavy atom. The minimum Gasteiger partial charge on any atom is -0.393 e. The van der Waals surface area contributed by atoms with E-state index in [-0.39, 0.29) is 10.8 Å². The fourth-order valence-corrected chi connectivity index (χ4v) is 7.08. The molecule has 4 rings (SSSR count). The highest BCUT2D eigenvalue weighted by Gasteiger charge is 2.60. The summed E-state index contributed by atoms with van der Waals surface area (Å²) in [6.45, 7) is 2.42. The average Bonchev–Trinajstić information content (AvgIpc) is 2.82. The molecule has 2 heteroatoms. The lowest BCUT2D eigenvalue weighted by Gasteiger charge is -2.61. The number of rotatable bonds is 0. The summed E-state index contributed by atoms with van der Waals surface area (Å²) < 4.78 is 23.7. The summed E-state index contributed by atoms with van der Waals surface area (Å²) in [6.07, 6.45) is 6.61. The van der Waals surface area contributed by atoms with Crippen LogP contribution in [0.2, 0.25) is 0 Å². The maximum Gasteiger partial charge on any atom is 0.139 e. The van der Waals surface area contributed by atoms with Gasteiger partial charge in [-0.25, -0.2) is 0 Å². The van der Waals surface area contributed by atoms with Crippen LogP contribution in [0.15, 0.2) is 0 Å². The van der Waals surface area contributed by atoms with Crippen molar-refractivity contribution in [1.82, 2.24) is 0 Å². The Morgan fingerprint density at radius 3 is 2.77 bits per heavy atom. The van der Waals surface area contributed by atoms with E-state index in [2.05, 4.69) is 13.8 Å². The summed E-state index contributed by atoms with van der Waals surface area (Å²) in [5, 5.41) is 10.5. The van der Waals surface area contributed by atoms with Gasteiger partial charge in [0, 0.05) is 15.9 Å². The van der Waals surface area contributed by atoms with E-state index < -0.39 is 18.9 Å². The fraction of sp³-hybridized carbons (Fsp3) is 0.950. The average molecular weight is 307 g/mol. The summed E-state index contributed by atoms with van der Waals surface area (Å²) in [4.78, 5) is 12.5. The van der Waals surface area contributed by atoms with Gasteiger partial charge in [0.05, 0.1) is 6.10 Å². The molecule has 0 radical (unpaired) electrons. The molecule has 1 N–H and O–H groups in total. The van der Waals surface area contributed by atoms with Crippen molar-refractivity contribution in [3.8, 4) is 0 Å². The number of ketones is 1. The third kappa shape index (κ3) is 1.85. The van der Waals surface area contributed by atoms with E-state index in [1.54, 1.807) is 0 Å². The molecule has 4 saturated carbocycles. The van der Waals surface area contributed by atoms with Crippen molar-refractivity contribution in [2.45, 2.75) is 78.2 Å². The van der Waals surface area contributed by atoms with Crippen molar-refractivity contribution in [2.24, 2.45) is 40.4 Å². The van der Waals surface area contributed by atoms with Gasteiger partial charge in [0.2, 0.25) is 0 Å². The molecule has 0 aromatic heterocycles. The van der Waals surface area contributed by atoms with Crippen molar-refractivity contribution < 1.29 is 14.0 Å². The van der Waals surface area contributed by atoms with Crippen molar-refractivity contribution in [2.75, 3.05) is 0 Å². The first-order valence-electron chi connectivity index (χ1n) is 10.8. The Balaban J connectivity index is 1.65. The Morgan fingerprint density at radius 1 is 1.18 bits per heavy atom. The van der Waals surface area contributed by atoms with Crippen LogP contribution in [-0.2, 0) is 4.79 Å². The van der Waals surface area contributed by atoms with Crippen molar-refractivity contribution in [3.05, 3.63) is 0 Å². The quantitative estimate of drug-likeness (QED) is 0.728. The first-order chi connectivity index (χ1) is 11.6. The van der Waals surface area contributed by atoms with E-state index in [1.165, 1.54) is 0 Å². The Hall–Kier alpha value is -0.370. The molecule has 0 amide bonds. The first kappa shape index (κ1) is 12.1. The standard InChI is InChI=1S/C20H32O2/c1-12-11-20(3)13(10-17(12)21)4-5-14-15-6-7-18(22)19(15,2)9-8-16(14)20/h12-17,21H,4-11H2,1-3H3/t12-,13+,14+,15+,16+,17+,19+,20+/m1/s1/i1D3. The summed E-state index contributed by atoms with van der Waals surface area (Å²) in [5.74, 6) is 1.89. The Bertz CT molecular complexity index is 574. The number of aliphatic hydroxyl groups is 1. The molecule has 0 bridgehead atoms. The number of carbonyl (C=O) groups excluding carboxylic acids is 1. The highest BCUT2D eigenvalue weighted by molar-refractivity contribution is 5.87. The lowest BCUT2D eigenvalue weighted by molar-refractivity contribution is -0.148. The van der Waals surface area contributed by atoms with Gasteiger partial charge in [0.15, 0.2) is 0 Å². The molecule has 0 heterocycles. The number of hydrogen-bond acceptors (Lipinski definition) is 2. The van der Waals surface area contributed by atoms with E-state index in [9.17, 15) is 9.90 Å². The SMILES string of the molecule is [2H]C([2H])([2H])[C@@H]1C[C@@]2(C)[C@@H](CC[C@@H]3[C@@H]2CC[C@]2(C)C(=O)CC[C@@H]32)C[C@@H]1O. The van der Waals surface area contributed by atoms with Crippen LogP contribution in [0.3, 0.4) is 0 Å². The molecule has 0 aliphatic heterocycles. The van der Waals surface area contributed by atoms with Crippen LogP contribution in [0.4, 0.5) is 0 Å². The van der Waals surface area contributed by atoms with Gasteiger partial charge < -0.3 is 5.11 Å². The molecule has 0 spiro atoms. The van der Waals surface area contributed by atoms with Crippen LogP contribution < -0.4 is 0 Å². The van der Waals surface area contributed by atoms with Crippen LogP contribution in [-0.4, -0.2) is 17.0 Å². The minimum atomic E-state index is -2.08.